The third-order valence-corrected chi connectivity index (χ3v) is 7.34. The molecular formula is C22H26N2O6S. The summed E-state index contributed by atoms with van der Waals surface area (Å²) in [6.45, 7) is 2.22. The third-order valence-electron chi connectivity index (χ3n) is 5.31. The maximum Gasteiger partial charge on any atom is 0.338 e. The molecule has 1 heterocycles. The fourth-order valence-electron chi connectivity index (χ4n) is 3.61. The second-order valence-electron chi connectivity index (χ2n) is 7.47. The van der Waals surface area contributed by atoms with Crippen LogP contribution in [0.2, 0.25) is 0 Å². The summed E-state index contributed by atoms with van der Waals surface area (Å²) in [7, 11) is -2.46. The molecule has 0 bridgehead atoms. The Hall–Kier alpha value is -2.91. The Balaban J connectivity index is 1.83. The van der Waals surface area contributed by atoms with E-state index >= 15 is 0 Å². The number of benzene rings is 2. The quantitative estimate of drug-likeness (QED) is 0.654. The minimum Gasteiger partial charge on any atom is -0.495 e. The van der Waals surface area contributed by atoms with Gasteiger partial charge in [0.15, 0.2) is 0 Å². The zero-order valence-electron chi connectivity index (χ0n) is 17.5. The summed E-state index contributed by atoms with van der Waals surface area (Å²) in [5.74, 6) is -1.09. The Labute approximate surface area is 182 Å². The highest BCUT2D eigenvalue weighted by Gasteiger charge is 2.33. The molecule has 166 valence electrons. The van der Waals surface area contributed by atoms with Crippen molar-refractivity contribution in [1.82, 2.24) is 4.31 Å². The number of methoxy groups -OCH3 is 1. The Morgan fingerprint density at radius 1 is 1.13 bits per heavy atom. The number of amides is 1. The van der Waals surface area contributed by atoms with Crippen molar-refractivity contribution in [3.63, 3.8) is 0 Å². The first-order valence-electron chi connectivity index (χ1n) is 10.00. The Morgan fingerprint density at radius 3 is 2.58 bits per heavy atom. The van der Waals surface area contributed by atoms with Gasteiger partial charge in [-0.15, -0.1) is 0 Å². The van der Waals surface area contributed by atoms with Crippen LogP contribution in [0, 0.1) is 0 Å². The van der Waals surface area contributed by atoms with Crippen LogP contribution < -0.4 is 10.5 Å². The lowest BCUT2D eigenvalue weighted by Gasteiger charge is -2.32. The number of nitrogens with zero attached hydrogens (tertiary/aromatic N) is 1. The molecule has 1 unspecified atom stereocenters. The molecule has 0 saturated carbocycles. The highest BCUT2D eigenvalue weighted by Crippen LogP contribution is 2.32. The smallest absolute Gasteiger partial charge is 0.338 e. The van der Waals surface area contributed by atoms with Crippen LogP contribution in [0.25, 0.3) is 0 Å². The number of rotatable bonds is 7. The number of carbonyl (C=O) groups excluding carboxylic acids is 2. The Kier molecular flexibility index (Phi) is 6.97. The first-order valence-corrected chi connectivity index (χ1v) is 11.4. The maximum absolute atomic E-state index is 13.3. The summed E-state index contributed by atoms with van der Waals surface area (Å²) in [5, 5.41) is 0. The van der Waals surface area contributed by atoms with Crippen molar-refractivity contribution in [3.05, 3.63) is 59.2 Å². The zero-order valence-corrected chi connectivity index (χ0v) is 18.4. The van der Waals surface area contributed by atoms with Gasteiger partial charge in [-0.3, -0.25) is 4.79 Å². The van der Waals surface area contributed by atoms with Crippen molar-refractivity contribution in [1.29, 1.82) is 0 Å². The summed E-state index contributed by atoms with van der Waals surface area (Å²) in [4.78, 5) is 23.8. The van der Waals surface area contributed by atoms with Crippen LogP contribution in [0.15, 0.2) is 47.4 Å². The monoisotopic (exact) mass is 446 g/mol. The van der Waals surface area contributed by atoms with Crippen molar-refractivity contribution in [2.75, 3.05) is 13.7 Å². The summed E-state index contributed by atoms with van der Waals surface area (Å²) in [5.41, 5.74) is 6.26. The highest BCUT2D eigenvalue weighted by molar-refractivity contribution is 7.89. The standard InChI is InChI=1S/C22H26N2O6S/c1-15-6-3-4-11-24(15)31(27,28)20-13-18(9-10-19(20)29-2)22(26)30-14-16-7-5-8-17(12-16)21(23)25/h5,7-10,12-13,15H,3-4,6,11,14H2,1-2H3,(H2,23,25). The molecule has 3 rings (SSSR count). The minimum absolute atomic E-state index is 0.0612. The van der Waals surface area contributed by atoms with E-state index in [4.69, 9.17) is 15.2 Å². The molecule has 1 atom stereocenters. The molecule has 1 saturated heterocycles. The van der Waals surface area contributed by atoms with Gasteiger partial charge in [-0.2, -0.15) is 4.31 Å². The van der Waals surface area contributed by atoms with E-state index < -0.39 is 21.9 Å². The first kappa shape index (κ1) is 22.8. The summed E-state index contributed by atoms with van der Waals surface area (Å²) < 4.78 is 38.6. The average Bonchev–Trinajstić information content (AvgIpc) is 2.77. The summed E-state index contributed by atoms with van der Waals surface area (Å²) in [6.07, 6.45) is 2.55. The number of ether oxygens (including phenoxy) is 2. The number of hydrogen-bond donors (Lipinski definition) is 1. The molecule has 0 spiro atoms. The van der Waals surface area contributed by atoms with Crippen LogP contribution in [0.4, 0.5) is 0 Å². The topological polar surface area (TPSA) is 116 Å². The van der Waals surface area contributed by atoms with E-state index in [9.17, 15) is 18.0 Å². The van der Waals surface area contributed by atoms with Gasteiger partial charge in [0, 0.05) is 18.2 Å². The van der Waals surface area contributed by atoms with Gasteiger partial charge in [0.2, 0.25) is 15.9 Å². The molecule has 2 aromatic carbocycles. The first-order chi connectivity index (χ1) is 14.7. The van der Waals surface area contributed by atoms with Crippen molar-refractivity contribution >= 4 is 21.9 Å². The van der Waals surface area contributed by atoms with Crippen LogP contribution in [-0.2, 0) is 21.4 Å². The van der Waals surface area contributed by atoms with E-state index in [0.717, 1.165) is 19.3 Å². The molecule has 1 fully saturated rings. The predicted molar refractivity (Wildman–Crippen MR) is 114 cm³/mol. The maximum atomic E-state index is 13.3. The molecule has 1 amide bonds. The second kappa shape index (κ2) is 9.49. The minimum atomic E-state index is -3.84. The number of carbonyl (C=O) groups is 2. The molecule has 1 aliphatic heterocycles. The van der Waals surface area contributed by atoms with Gasteiger partial charge in [-0.25, -0.2) is 13.2 Å². The van der Waals surface area contributed by atoms with Gasteiger partial charge in [0.1, 0.15) is 17.3 Å². The number of nitrogens with two attached hydrogens (primary N) is 1. The fourth-order valence-corrected chi connectivity index (χ4v) is 5.49. The Morgan fingerprint density at radius 2 is 1.90 bits per heavy atom. The van der Waals surface area contributed by atoms with Crippen LogP contribution >= 0.6 is 0 Å². The number of esters is 1. The number of primary amides is 1. The summed E-state index contributed by atoms with van der Waals surface area (Å²) in [6, 6.07) is 10.5. The van der Waals surface area contributed by atoms with Gasteiger partial charge in [0.05, 0.1) is 12.7 Å². The lowest BCUT2D eigenvalue weighted by atomic mass is 10.1. The van der Waals surface area contributed by atoms with E-state index in [1.54, 1.807) is 18.2 Å². The SMILES string of the molecule is COc1ccc(C(=O)OCc2cccc(C(N)=O)c2)cc1S(=O)(=O)N1CCCCC1C. The van der Waals surface area contributed by atoms with E-state index in [0.29, 0.717) is 17.7 Å². The number of piperidine rings is 1. The largest absolute Gasteiger partial charge is 0.495 e. The van der Waals surface area contributed by atoms with E-state index in [2.05, 4.69) is 0 Å². The lowest BCUT2D eigenvalue weighted by Crippen LogP contribution is -2.42. The molecular weight excluding hydrogens is 420 g/mol. The lowest BCUT2D eigenvalue weighted by molar-refractivity contribution is 0.0472. The number of sulfonamides is 1. The molecule has 1 aliphatic rings. The van der Waals surface area contributed by atoms with Gasteiger partial charge >= 0.3 is 5.97 Å². The average molecular weight is 447 g/mol. The Bertz CT molecular complexity index is 1080. The molecule has 31 heavy (non-hydrogen) atoms. The van der Waals surface area contributed by atoms with E-state index in [1.807, 2.05) is 6.92 Å². The van der Waals surface area contributed by atoms with Crippen LogP contribution in [0.1, 0.15) is 52.5 Å². The van der Waals surface area contributed by atoms with Crippen molar-refractivity contribution in [2.24, 2.45) is 5.73 Å². The normalized spacial score (nSPS) is 17.2. The fraction of sp³-hybridized carbons (Fsp3) is 0.364. The van der Waals surface area contributed by atoms with Crippen LogP contribution in [-0.4, -0.2) is 44.3 Å². The predicted octanol–water partition coefficient (Wildman–Crippen LogP) is 2.71. The third kappa shape index (κ3) is 5.05. The van der Waals surface area contributed by atoms with Gasteiger partial charge in [0.25, 0.3) is 0 Å². The van der Waals surface area contributed by atoms with Crippen LogP contribution in [0.5, 0.6) is 5.75 Å². The number of hydrogen-bond acceptors (Lipinski definition) is 6. The molecule has 0 aliphatic carbocycles. The second-order valence-corrected chi connectivity index (χ2v) is 9.33. The molecule has 0 aromatic heterocycles. The van der Waals surface area contributed by atoms with E-state index in [-0.39, 0.29) is 28.9 Å². The summed E-state index contributed by atoms with van der Waals surface area (Å²) >= 11 is 0. The molecule has 2 aromatic rings. The molecule has 0 radical (unpaired) electrons. The molecule has 9 heteroatoms. The van der Waals surface area contributed by atoms with Crippen LogP contribution in [0.3, 0.4) is 0 Å². The van der Waals surface area contributed by atoms with Crippen molar-refractivity contribution in [2.45, 2.75) is 43.7 Å². The van der Waals surface area contributed by atoms with E-state index in [1.165, 1.54) is 35.7 Å². The van der Waals surface area contributed by atoms with Crippen molar-refractivity contribution in [3.8, 4) is 5.75 Å². The zero-order chi connectivity index (χ0) is 22.6. The molecule has 2 N–H and O–H groups in total. The van der Waals surface area contributed by atoms with Gasteiger partial charge in [-0.1, -0.05) is 18.6 Å². The van der Waals surface area contributed by atoms with Crippen molar-refractivity contribution < 1.29 is 27.5 Å². The van der Waals surface area contributed by atoms with Gasteiger partial charge < -0.3 is 15.2 Å². The highest BCUT2D eigenvalue weighted by atomic mass is 32.2. The van der Waals surface area contributed by atoms with Gasteiger partial charge in [-0.05, 0) is 55.7 Å². The molecule has 8 nitrogen and oxygen atoms in total.